The van der Waals surface area contributed by atoms with Crippen LogP contribution in [-0.2, 0) is 4.79 Å². The summed E-state index contributed by atoms with van der Waals surface area (Å²) >= 11 is 0. The molecule has 0 bridgehead atoms. The Bertz CT molecular complexity index is 1390. The second-order valence-electron chi connectivity index (χ2n) is 9.16. The van der Waals surface area contributed by atoms with Crippen LogP contribution in [0.25, 0.3) is 5.57 Å². The van der Waals surface area contributed by atoms with Crippen molar-refractivity contribution in [2.24, 2.45) is 0 Å². The third-order valence-electron chi connectivity index (χ3n) is 6.76. The molecule has 1 aliphatic rings. The molecule has 2 amide bonds. The fraction of sp³-hybridized carbons (Fsp3) is 0.200. The molecule has 38 heavy (non-hydrogen) atoms. The molecule has 0 unspecified atom stereocenters. The van der Waals surface area contributed by atoms with Crippen molar-refractivity contribution in [2.45, 2.75) is 13.8 Å². The lowest BCUT2D eigenvalue weighted by Gasteiger charge is -2.36. The van der Waals surface area contributed by atoms with E-state index in [1.165, 1.54) is 12.1 Å². The van der Waals surface area contributed by atoms with Gasteiger partial charge >= 0.3 is 0 Å². The highest BCUT2D eigenvalue weighted by Gasteiger charge is 2.24. The van der Waals surface area contributed by atoms with E-state index in [0.29, 0.717) is 54.1 Å². The topological polar surface area (TPSA) is 93.6 Å². The maximum atomic E-state index is 13.4. The largest absolute Gasteiger partial charge is 0.368 e. The molecule has 1 aliphatic heterocycles. The van der Waals surface area contributed by atoms with E-state index in [9.17, 15) is 18.8 Å². The zero-order valence-corrected chi connectivity index (χ0v) is 21.3. The number of hydrogen-bond donors (Lipinski definition) is 2. The molecule has 3 aromatic rings. The SMILES string of the molecule is C/C(=C(\C=N)C(=O)Nc1ccc(C)c(C(=O)N2CCN(c3ccc(C=O)cc3)CC2)c1)c1ccc(F)cc1. The van der Waals surface area contributed by atoms with Crippen LogP contribution in [0.1, 0.15) is 38.8 Å². The lowest BCUT2D eigenvalue weighted by atomic mass is 10.0. The van der Waals surface area contributed by atoms with Gasteiger partial charge in [0.1, 0.15) is 12.1 Å². The van der Waals surface area contributed by atoms with Gasteiger partial charge in [0.25, 0.3) is 11.8 Å². The van der Waals surface area contributed by atoms with Crippen molar-refractivity contribution in [3.05, 3.63) is 100 Å². The molecule has 0 radical (unpaired) electrons. The molecule has 4 rings (SSSR count). The first-order valence-corrected chi connectivity index (χ1v) is 12.3. The van der Waals surface area contributed by atoms with Crippen LogP contribution in [0.15, 0.2) is 72.3 Å². The van der Waals surface area contributed by atoms with E-state index in [4.69, 9.17) is 5.41 Å². The number of allylic oxidation sites excluding steroid dienone is 1. The molecular weight excluding hydrogens is 483 g/mol. The van der Waals surface area contributed by atoms with E-state index in [0.717, 1.165) is 23.8 Å². The van der Waals surface area contributed by atoms with Gasteiger partial charge in [-0.1, -0.05) is 18.2 Å². The summed E-state index contributed by atoms with van der Waals surface area (Å²) < 4.78 is 13.3. The zero-order chi connectivity index (χ0) is 27.2. The number of halogens is 1. The van der Waals surface area contributed by atoms with Crippen molar-refractivity contribution in [3.63, 3.8) is 0 Å². The number of hydrogen-bond acceptors (Lipinski definition) is 5. The molecule has 0 spiro atoms. The number of amides is 2. The van der Waals surface area contributed by atoms with Gasteiger partial charge in [-0.2, -0.15) is 0 Å². The first kappa shape index (κ1) is 26.5. The predicted molar refractivity (Wildman–Crippen MR) is 148 cm³/mol. The Morgan fingerprint density at radius 3 is 2.21 bits per heavy atom. The highest BCUT2D eigenvalue weighted by molar-refractivity contribution is 6.22. The van der Waals surface area contributed by atoms with E-state index in [1.807, 2.05) is 19.1 Å². The number of benzene rings is 3. The van der Waals surface area contributed by atoms with E-state index in [1.54, 1.807) is 54.3 Å². The van der Waals surface area contributed by atoms with E-state index in [-0.39, 0.29) is 17.3 Å². The second-order valence-corrected chi connectivity index (χ2v) is 9.16. The predicted octanol–water partition coefficient (Wildman–Crippen LogP) is 4.97. The third-order valence-corrected chi connectivity index (χ3v) is 6.76. The molecule has 0 saturated carbocycles. The Hall–Kier alpha value is -4.59. The van der Waals surface area contributed by atoms with Crippen molar-refractivity contribution in [3.8, 4) is 0 Å². The normalized spacial score (nSPS) is 14.0. The Morgan fingerprint density at radius 1 is 0.947 bits per heavy atom. The van der Waals surface area contributed by atoms with Crippen LogP contribution in [0.2, 0.25) is 0 Å². The van der Waals surface area contributed by atoms with E-state index < -0.39 is 5.91 Å². The molecule has 3 aromatic carbocycles. The fourth-order valence-corrected chi connectivity index (χ4v) is 4.43. The Kier molecular flexibility index (Phi) is 8.11. The van der Waals surface area contributed by atoms with Crippen molar-refractivity contribution in [1.29, 1.82) is 5.41 Å². The molecule has 1 saturated heterocycles. The lowest BCUT2D eigenvalue weighted by Crippen LogP contribution is -2.49. The summed E-state index contributed by atoms with van der Waals surface area (Å²) in [5.74, 6) is -0.980. The molecule has 0 aliphatic carbocycles. The number of piperazine rings is 1. The third kappa shape index (κ3) is 5.86. The molecule has 194 valence electrons. The number of aldehydes is 1. The molecule has 2 N–H and O–H groups in total. The highest BCUT2D eigenvalue weighted by Crippen LogP contribution is 2.23. The standard InChI is InChI=1S/C30H29FN4O3/c1-20-3-10-25(33-29(37)28(18-32)21(2)23-6-8-24(31)9-7-23)17-27(20)30(38)35-15-13-34(14-16-35)26-11-4-22(19-36)5-12-26/h3-12,17-19,32H,13-16H2,1-2H3,(H,33,37)/b28-21-,32-18?. The van der Waals surface area contributed by atoms with Crippen LogP contribution in [0.3, 0.4) is 0 Å². The minimum Gasteiger partial charge on any atom is -0.368 e. The van der Waals surface area contributed by atoms with Crippen LogP contribution >= 0.6 is 0 Å². The van der Waals surface area contributed by atoms with Gasteiger partial charge in [-0.15, -0.1) is 0 Å². The number of carbonyl (C=O) groups excluding carboxylic acids is 3. The number of rotatable bonds is 7. The quantitative estimate of drug-likeness (QED) is 0.266. The van der Waals surface area contributed by atoms with Crippen molar-refractivity contribution < 1.29 is 18.8 Å². The molecule has 1 fully saturated rings. The minimum absolute atomic E-state index is 0.111. The molecule has 8 heteroatoms. The fourth-order valence-electron chi connectivity index (χ4n) is 4.43. The van der Waals surface area contributed by atoms with Gasteiger partial charge in [0.05, 0.1) is 5.57 Å². The average Bonchev–Trinajstić information content (AvgIpc) is 2.94. The number of anilines is 2. The zero-order valence-electron chi connectivity index (χ0n) is 21.3. The van der Waals surface area contributed by atoms with Gasteiger partial charge in [-0.05, 0) is 79.1 Å². The molecule has 0 atom stereocenters. The highest BCUT2D eigenvalue weighted by atomic mass is 19.1. The summed E-state index contributed by atoms with van der Waals surface area (Å²) in [5, 5.41) is 10.5. The number of nitrogens with zero attached hydrogens (tertiary/aromatic N) is 2. The average molecular weight is 513 g/mol. The summed E-state index contributed by atoms with van der Waals surface area (Å²) in [6.45, 7) is 5.97. The smallest absolute Gasteiger partial charge is 0.257 e. The number of carbonyl (C=O) groups is 3. The number of nitrogens with one attached hydrogen (secondary N) is 2. The minimum atomic E-state index is -0.488. The molecular formula is C30H29FN4O3. The van der Waals surface area contributed by atoms with Gasteiger partial charge < -0.3 is 20.5 Å². The number of aryl methyl sites for hydroxylation is 1. The second kappa shape index (κ2) is 11.6. The van der Waals surface area contributed by atoms with Crippen LogP contribution in [0.5, 0.6) is 0 Å². The first-order chi connectivity index (χ1) is 18.3. The van der Waals surface area contributed by atoms with Crippen LogP contribution in [-0.4, -0.2) is 55.4 Å². The Morgan fingerprint density at radius 2 is 1.61 bits per heavy atom. The summed E-state index contributed by atoms with van der Waals surface area (Å²) in [6, 6.07) is 18.3. The lowest BCUT2D eigenvalue weighted by molar-refractivity contribution is -0.112. The monoisotopic (exact) mass is 512 g/mol. The van der Waals surface area contributed by atoms with E-state index >= 15 is 0 Å². The van der Waals surface area contributed by atoms with Gasteiger partial charge in [-0.25, -0.2) is 4.39 Å². The summed E-state index contributed by atoms with van der Waals surface area (Å²) in [4.78, 5) is 41.2. The van der Waals surface area contributed by atoms with Crippen molar-refractivity contribution in [1.82, 2.24) is 4.90 Å². The first-order valence-electron chi connectivity index (χ1n) is 12.3. The van der Waals surface area contributed by atoms with Crippen LogP contribution in [0, 0.1) is 18.2 Å². The molecule has 0 aromatic heterocycles. The van der Waals surface area contributed by atoms with Gasteiger partial charge in [0.2, 0.25) is 0 Å². The maximum absolute atomic E-state index is 13.4. The Labute approximate surface area is 221 Å². The van der Waals surface area contributed by atoms with Crippen molar-refractivity contribution in [2.75, 3.05) is 36.4 Å². The Balaban J connectivity index is 1.46. The van der Waals surface area contributed by atoms with Crippen molar-refractivity contribution >= 4 is 41.3 Å². The van der Waals surface area contributed by atoms with Crippen LogP contribution < -0.4 is 10.2 Å². The van der Waals surface area contributed by atoms with Gasteiger partial charge in [0, 0.05) is 54.9 Å². The molecule has 7 nitrogen and oxygen atoms in total. The maximum Gasteiger partial charge on any atom is 0.257 e. The summed E-state index contributed by atoms with van der Waals surface area (Å²) in [7, 11) is 0. The summed E-state index contributed by atoms with van der Waals surface area (Å²) in [5.41, 5.74) is 4.70. The van der Waals surface area contributed by atoms with Gasteiger partial charge in [-0.3, -0.25) is 14.4 Å². The van der Waals surface area contributed by atoms with E-state index in [2.05, 4.69) is 10.2 Å². The van der Waals surface area contributed by atoms with Crippen LogP contribution in [0.4, 0.5) is 15.8 Å². The van der Waals surface area contributed by atoms with Gasteiger partial charge in [0.15, 0.2) is 0 Å². The summed E-state index contributed by atoms with van der Waals surface area (Å²) in [6.07, 6.45) is 1.79. The molecule has 1 heterocycles.